The molecule has 0 heterocycles. The maximum atomic E-state index is 10.8. The van der Waals surface area contributed by atoms with Gasteiger partial charge in [0, 0.05) is 3.57 Å². The fourth-order valence-corrected chi connectivity index (χ4v) is 2.98. The summed E-state index contributed by atoms with van der Waals surface area (Å²) in [6.45, 7) is 0.178. The Morgan fingerprint density at radius 3 is 2.79 bits per heavy atom. The van der Waals surface area contributed by atoms with E-state index in [-0.39, 0.29) is 6.61 Å². The fourth-order valence-electron chi connectivity index (χ4n) is 0.934. The van der Waals surface area contributed by atoms with E-state index in [0.717, 1.165) is 13.4 Å². The average molecular weight is 412 g/mol. The van der Waals surface area contributed by atoms with Gasteiger partial charge in [0.1, 0.15) is 12.4 Å². The summed E-state index contributed by atoms with van der Waals surface area (Å²) in [7, 11) is 0. The van der Waals surface area contributed by atoms with E-state index in [1.54, 1.807) is 6.07 Å². The Bertz CT molecular complexity index is 394. The monoisotopic (exact) mass is 412 g/mol. The van der Waals surface area contributed by atoms with E-state index in [9.17, 15) is 4.79 Å². The molecule has 14 heavy (non-hydrogen) atoms. The molecule has 0 atom stereocenters. The van der Waals surface area contributed by atoms with E-state index in [1.165, 1.54) is 0 Å². The highest BCUT2D eigenvalue weighted by atomic mass is 127. The van der Waals surface area contributed by atoms with Gasteiger partial charge < -0.3 is 4.74 Å². The normalized spacial score (nSPS) is 9.21. The zero-order valence-corrected chi connectivity index (χ0v) is 11.4. The van der Waals surface area contributed by atoms with Crippen LogP contribution in [-0.2, 0) is 0 Å². The molecule has 1 aromatic rings. The van der Waals surface area contributed by atoms with E-state index in [1.807, 2.05) is 6.07 Å². The molecule has 0 aliphatic rings. The Morgan fingerprint density at radius 1 is 1.50 bits per heavy atom. The lowest BCUT2D eigenvalue weighted by atomic mass is 10.2. The van der Waals surface area contributed by atoms with Crippen molar-refractivity contribution in [3.8, 4) is 18.1 Å². The second-order valence-corrected chi connectivity index (χ2v) is 4.82. The third-order valence-corrected chi connectivity index (χ3v) is 2.89. The number of hydrogen-bond donors (Lipinski definition) is 0. The summed E-state index contributed by atoms with van der Waals surface area (Å²) in [6.07, 6.45) is 5.85. The van der Waals surface area contributed by atoms with Gasteiger partial charge in [-0.15, -0.1) is 6.42 Å². The third kappa shape index (κ3) is 2.85. The lowest BCUT2D eigenvalue weighted by Crippen LogP contribution is -2.00. The summed E-state index contributed by atoms with van der Waals surface area (Å²) < 4.78 is 7.18. The van der Waals surface area contributed by atoms with Crippen LogP contribution in [0.1, 0.15) is 10.4 Å². The van der Waals surface area contributed by atoms with Gasteiger partial charge in [-0.1, -0.05) is 5.92 Å². The molecular formula is C10H6I2O2. The summed E-state index contributed by atoms with van der Waals surface area (Å²) in [5.41, 5.74) is 0.538. The van der Waals surface area contributed by atoms with Crippen molar-refractivity contribution in [1.29, 1.82) is 0 Å². The molecule has 2 nitrogen and oxygen atoms in total. The summed E-state index contributed by atoms with van der Waals surface area (Å²) >= 11 is 4.27. The molecule has 0 bridgehead atoms. The lowest BCUT2D eigenvalue weighted by molar-refractivity contribution is 0.112. The summed E-state index contributed by atoms with van der Waals surface area (Å²) in [6, 6.07) is 3.70. The predicted octanol–water partition coefficient (Wildman–Crippen LogP) is 2.72. The van der Waals surface area contributed by atoms with Gasteiger partial charge in [0.15, 0.2) is 6.29 Å². The van der Waals surface area contributed by atoms with Gasteiger partial charge in [-0.2, -0.15) is 0 Å². The van der Waals surface area contributed by atoms with Gasteiger partial charge >= 0.3 is 0 Å². The van der Waals surface area contributed by atoms with Gasteiger partial charge in [0.05, 0.1) is 9.13 Å². The first-order chi connectivity index (χ1) is 6.69. The number of terminal acetylenes is 1. The number of benzene rings is 1. The van der Waals surface area contributed by atoms with E-state index in [0.29, 0.717) is 11.3 Å². The van der Waals surface area contributed by atoms with Gasteiger partial charge in [-0.25, -0.2) is 0 Å². The predicted molar refractivity (Wildman–Crippen MR) is 71.6 cm³/mol. The van der Waals surface area contributed by atoms with E-state index >= 15 is 0 Å². The van der Waals surface area contributed by atoms with Crippen LogP contribution in [0.15, 0.2) is 12.1 Å². The quantitative estimate of drug-likeness (QED) is 0.434. The Labute approximate surface area is 110 Å². The van der Waals surface area contributed by atoms with Gasteiger partial charge in [-0.05, 0) is 57.3 Å². The molecule has 0 fully saturated rings. The minimum Gasteiger partial charge on any atom is -0.479 e. The number of carbonyl (C=O) groups is 1. The Balaban J connectivity index is 3.13. The number of hydrogen-bond acceptors (Lipinski definition) is 2. The zero-order valence-electron chi connectivity index (χ0n) is 7.09. The van der Waals surface area contributed by atoms with Crippen molar-refractivity contribution >= 4 is 51.5 Å². The smallest absolute Gasteiger partial charge is 0.153 e. The molecule has 0 amide bonds. The molecule has 1 aromatic carbocycles. The van der Waals surface area contributed by atoms with Crippen LogP contribution in [0.3, 0.4) is 0 Å². The highest BCUT2D eigenvalue weighted by Crippen LogP contribution is 2.27. The molecule has 72 valence electrons. The average Bonchev–Trinajstić information content (AvgIpc) is 2.15. The number of rotatable bonds is 3. The molecule has 0 N–H and O–H groups in total. The number of ether oxygens (including phenoxy) is 1. The zero-order chi connectivity index (χ0) is 10.6. The maximum absolute atomic E-state index is 10.8. The molecule has 0 radical (unpaired) electrons. The van der Waals surface area contributed by atoms with Crippen LogP contribution in [0, 0.1) is 19.5 Å². The van der Waals surface area contributed by atoms with E-state index in [2.05, 4.69) is 51.1 Å². The lowest BCUT2D eigenvalue weighted by Gasteiger charge is -2.08. The topological polar surface area (TPSA) is 26.3 Å². The third-order valence-electron chi connectivity index (χ3n) is 1.46. The van der Waals surface area contributed by atoms with Gasteiger partial charge in [0.2, 0.25) is 0 Å². The van der Waals surface area contributed by atoms with E-state index in [4.69, 9.17) is 11.2 Å². The van der Waals surface area contributed by atoms with E-state index < -0.39 is 0 Å². The second-order valence-electron chi connectivity index (χ2n) is 2.42. The van der Waals surface area contributed by atoms with Crippen LogP contribution < -0.4 is 4.74 Å². The first-order valence-electron chi connectivity index (χ1n) is 3.69. The van der Waals surface area contributed by atoms with Crippen molar-refractivity contribution in [2.24, 2.45) is 0 Å². The summed E-state index contributed by atoms with van der Waals surface area (Å²) in [5, 5.41) is 0. The van der Waals surface area contributed by atoms with Crippen molar-refractivity contribution in [2.75, 3.05) is 6.61 Å². The van der Waals surface area contributed by atoms with Crippen molar-refractivity contribution < 1.29 is 9.53 Å². The fraction of sp³-hybridized carbons (Fsp3) is 0.100. The molecule has 0 unspecified atom stereocenters. The van der Waals surface area contributed by atoms with Crippen LogP contribution in [0.25, 0.3) is 0 Å². The van der Waals surface area contributed by atoms with Gasteiger partial charge in [-0.3, -0.25) is 4.79 Å². The first kappa shape index (κ1) is 11.8. The van der Waals surface area contributed by atoms with Crippen molar-refractivity contribution in [3.63, 3.8) is 0 Å². The minimum atomic E-state index is 0.178. The number of halogens is 2. The number of aldehydes is 1. The molecule has 0 spiro atoms. The molecule has 0 aromatic heterocycles. The molecule has 0 aliphatic heterocycles. The molecule has 0 aliphatic carbocycles. The maximum Gasteiger partial charge on any atom is 0.153 e. The molecule has 0 saturated heterocycles. The van der Waals surface area contributed by atoms with Crippen molar-refractivity contribution in [2.45, 2.75) is 0 Å². The second kappa shape index (κ2) is 5.56. The number of carbonyl (C=O) groups excluding carboxylic acids is 1. The molecule has 4 heteroatoms. The Hall–Kier alpha value is -0.290. The summed E-state index contributed by atoms with van der Waals surface area (Å²) in [5.74, 6) is 2.93. The molecular weight excluding hydrogens is 406 g/mol. The highest BCUT2D eigenvalue weighted by molar-refractivity contribution is 14.1. The molecule has 0 saturated carbocycles. The largest absolute Gasteiger partial charge is 0.479 e. The first-order valence-corrected chi connectivity index (χ1v) is 5.85. The van der Waals surface area contributed by atoms with Crippen LogP contribution >= 0.6 is 45.2 Å². The molecule has 1 rings (SSSR count). The standard InChI is InChI=1S/C10H6I2O2/c1-2-3-14-10-7(6-13)4-8(11)5-9(10)12/h1,4-6H,3H2. The van der Waals surface area contributed by atoms with Crippen LogP contribution in [-0.4, -0.2) is 12.9 Å². The summed E-state index contributed by atoms with van der Waals surface area (Å²) in [4.78, 5) is 10.8. The van der Waals surface area contributed by atoms with Crippen molar-refractivity contribution in [1.82, 2.24) is 0 Å². The highest BCUT2D eigenvalue weighted by Gasteiger charge is 2.08. The van der Waals surface area contributed by atoms with Gasteiger partial charge in [0.25, 0.3) is 0 Å². The Kier molecular flexibility index (Phi) is 4.68. The van der Waals surface area contributed by atoms with Crippen molar-refractivity contribution in [3.05, 3.63) is 24.8 Å². The minimum absolute atomic E-state index is 0.178. The van der Waals surface area contributed by atoms with Crippen LogP contribution in [0.4, 0.5) is 0 Å². The van der Waals surface area contributed by atoms with Crippen LogP contribution in [0.2, 0.25) is 0 Å². The SMILES string of the molecule is C#CCOc1c(I)cc(I)cc1C=O. The Morgan fingerprint density at radius 2 is 2.21 bits per heavy atom. The van der Waals surface area contributed by atoms with Crippen LogP contribution in [0.5, 0.6) is 5.75 Å².